The van der Waals surface area contributed by atoms with Crippen LogP contribution < -0.4 is 0 Å². The molecular weight excluding hydrogens is 204 g/mol. The Morgan fingerprint density at radius 2 is 2.13 bits per heavy atom. The third-order valence-electron chi connectivity index (χ3n) is 2.62. The van der Waals surface area contributed by atoms with Gasteiger partial charge in [0.15, 0.2) is 0 Å². The number of para-hydroxylation sites is 1. The number of aryl methyl sites for hydroxylation is 1. The van der Waals surface area contributed by atoms with E-state index in [1.807, 2.05) is 12.1 Å². The predicted molar refractivity (Wildman–Crippen MR) is 64.0 cm³/mol. The Hall–Kier alpha value is -1.40. The van der Waals surface area contributed by atoms with E-state index in [2.05, 4.69) is 36.7 Å². The lowest BCUT2D eigenvalue weighted by molar-refractivity contribution is 0.900. The molecule has 0 aliphatic carbocycles. The maximum atomic E-state index is 8.62. The quantitative estimate of drug-likeness (QED) is 0.722. The van der Waals surface area contributed by atoms with Crippen molar-refractivity contribution < 1.29 is 0 Å². The minimum absolute atomic E-state index is 0.509. The maximum Gasteiger partial charge on any atom is 0.0856 e. The minimum Gasteiger partial charge on any atom is -0.347 e. The van der Waals surface area contributed by atoms with Crippen LogP contribution in [0.4, 0.5) is 0 Å². The number of nitriles is 1. The molecule has 0 aliphatic rings. The summed E-state index contributed by atoms with van der Waals surface area (Å²) < 4.78 is 2.18. The van der Waals surface area contributed by atoms with Crippen molar-refractivity contribution in [3.8, 4) is 6.07 Å². The lowest BCUT2D eigenvalue weighted by atomic mass is 10.2. The Morgan fingerprint density at radius 3 is 2.87 bits per heavy atom. The molecule has 0 fully saturated rings. The number of benzene rings is 1. The molecule has 2 nitrogen and oxygen atoms in total. The smallest absolute Gasteiger partial charge is 0.0856 e. The van der Waals surface area contributed by atoms with Gasteiger partial charge in [-0.25, -0.2) is 0 Å². The predicted octanol–water partition coefficient (Wildman–Crippen LogP) is 3.10. The molecule has 0 unspecified atom stereocenters. The standard InChI is InChI=1S/C12H12N2S/c1-9-12(15-8-7-13)10-5-3-4-6-11(10)14(9)2/h3-6H,8H2,1-2H3. The Balaban J connectivity index is 2.62. The molecule has 0 N–H and O–H groups in total. The fourth-order valence-corrected chi connectivity index (χ4v) is 2.66. The average Bonchev–Trinajstić information content (AvgIpc) is 2.51. The van der Waals surface area contributed by atoms with Gasteiger partial charge in [-0.15, -0.1) is 11.8 Å². The molecule has 76 valence electrons. The first-order chi connectivity index (χ1) is 7.25. The van der Waals surface area contributed by atoms with Gasteiger partial charge >= 0.3 is 0 Å². The van der Waals surface area contributed by atoms with Gasteiger partial charge in [-0.3, -0.25) is 0 Å². The fourth-order valence-electron chi connectivity index (χ4n) is 1.77. The molecule has 15 heavy (non-hydrogen) atoms. The van der Waals surface area contributed by atoms with E-state index in [9.17, 15) is 0 Å². The zero-order valence-electron chi connectivity index (χ0n) is 8.82. The zero-order valence-corrected chi connectivity index (χ0v) is 9.64. The summed E-state index contributed by atoms with van der Waals surface area (Å²) in [6.07, 6.45) is 0. The Bertz CT molecular complexity index is 534. The molecule has 0 spiro atoms. The number of rotatable bonds is 2. The monoisotopic (exact) mass is 216 g/mol. The SMILES string of the molecule is Cc1c(SCC#N)c2ccccc2n1C. The first kappa shape index (κ1) is 10.1. The molecule has 2 aromatic rings. The van der Waals surface area contributed by atoms with Crippen molar-refractivity contribution in [2.45, 2.75) is 11.8 Å². The Kier molecular flexibility index (Phi) is 2.70. The van der Waals surface area contributed by atoms with Gasteiger partial charge < -0.3 is 4.57 Å². The molecule has 0 saturated heterocycles. The van der Waals surface area contributed by atoms with Crippen LogP contribution in [0.5, 0.6) is 0 Å². The average molecular weight is 216 g/mol. The van der Waals surface area contributed by atoms with Crippen molar-refractivity contribution in [3.05, 3.63) is 30.0 Å². The summed E-state index contributed by atoms with van der Waals surface area (Å²) in [6, 6.07) is 10.5. The summed E-state index contributed by atoms with van der Waals surface area (Å²) in [6.45, 7) is 2.10. The molecule has 1 heterocycles. The number of hydrogen-bond acceptors (Lipinski definition) is 2. The van der Waals surface area contributed by atoms with E-state index in [0.717, 1.165) is 0 Å². The zero-order chi connectivity index (χ0) is 10.8. The van der Waals surface area contributed by atoms with Crippen LogP contribution in [0.1, 0.15) is 5.69 Å². The molecule has 0 bridgehead atoms. The van der Waals surface area contributed by atoms with Gasteiger partial charge in [0, 0.05) is 28.5 Å². The van der Waals surface area contributed by atoms with Crippen molar-refractivity contribution in [1.29, 1.82) is 5.26 Å². The normalized spacial score (nSPS) is 10.5. The summed E-state index contributed by atoms with van der Waals surface area (Å²) in [5, 5.41) is 9.87. The molecule has 1 aromatic heterocycles. The summed E-state index contributed by atoms with van der Waals surface area (Å²) in [4.78, 5) is 1.23. The van der Waals surface area contributed by atoms with E-state index in [0.29, 0.717) is 5.75 Å². The summed E-state index contributed by atoms with van der Waals surface area (Å²) in [5.41, 5.74) is 2.46. The summed E-state index contributed by atoms with van der Waals surface area (Å²) in [7, 11) is 2.06. The van der Waals surface area contributed by atoms with Crippen molar-refractivity contribution in [2.24, 2.45) is 7.05 Å². The van der Waals surface area contributed by atoms with Gasteiger partial charge in [-0.1, -0.05) is 18.2 Å². The second-order valence-electron chi connectivity index (χ2n) is 3.44. The second-order valence-corrected chi connectivity index (χ2v) is 4.42. The molecule has 2 rings (SSSR count). The highest BCUT2D eigenvalue weighted by molar-refractivity contribution is 7.99. The first-order valence-corrected chi connectivity index (χ1v) is 5.78. The van der Waals surface area contributed by atoms with Crippen LogP contribution in [0.2, 0.25) is 0 Å². The van der Waals surface area contributed by atoms with E-state index in [4.69, 9.17) is 5.26 Å². The topological polar surface area (TPSA) is 28.7 Å². The van der Waals surface area contributed by atoms with Crippen molar-refractivity contribution in [3.63, 3.8) is 0 Å². The molecular formula is C12H12N2S. The summed E-state index contributed by atoms with van der Waals surface area (Å²) >= 11 is 1.62. The number of thioether (sulfide) groups is 1. The van der Waals surface area contributed by atoms with E-state index in [1.54, 1.807) is 11.8 Å². The van der Waals surface area contributed by atoms with Crippen LogP contribution in [0.3, 0.4) is 0 Å². The highest BCUT2D eigenvalue weighted by Gasteiger charge is 2.10. The lowest BCUT2D eigenvalue weighted by Gasteiger charge is -1.98. The second kappa shape index (κ2) is 4.00. The van der Waals surface area contributed by atoms with Crippen LogP contribution in [0.15, 0.2) is 29.2 Å². The number of aromatic nitrogens is 1. The van der Waals surface area contributed by atoms with Gasteiger partial charge in [0.25, 0.3) is 0 Å². The highest BCUT2D eigenvalue weighted by atomic mass is 32.2. The number of hydrogen-bond donors (Lipinski definition) is 0. The lowest BCUT2D eigenvalue weighted by Crippen LogP contribution is -1.89. The molecule has 3 heteroatoms. The van der Waals surface area contributed by atoms with Gasteiger partial charge in [-0.2, -0.15) is 5.26 Å². The van der Waals surface area contributed by atoms with Crippen LogP contribution in [-0.4, -0.2) is 10.3 Å². The molecule has 0 amide bonds. The van der Waals surface area contributed by atoms with Gasteiger partial charge in [0.05, 0.1) is 11.8 Å². The van der Waals surface area contributed by atoms with E-state index >= 15 is 0 Å². The van der Waals surface area contributed by atoms with Crippen molar-refractivity contribution >= 4 is 22.7 Å². The minimum atomic E-state index is 0.509. The van der Waals surface area contributed by atoms with Gasteiger partial charge in [0.2, 0.25) is 0 Å². The van der Waals surface area contributed by atoms with Crippen molar-refractivity contribution in [1.82, 2.24) is 4.57 Å². The van der Waals surface area contributed by atoms with Gasteiger partial charge in [0.1, 0.15) is 0 Å². The molecule has 1 aromatic carbocycles. The first-order valence-electron chi connectivity index (χ1n) is 4.79. The summed E-state index contributed by atoms with van der Waals surface area (Å²) in [5.74, 6) is 0.509. The van der Waals surface area contributed by atoms with Crippen LogP contribution in [0, 0.1) is 18.3 Å². The molecule has 0 atom stereocenters. The van der Waals surface area contributed by atoms with Crippen molar-refractivity contribution in [2.75, 3.05) is 5.75 Å². The van der Waals surface area contributed by atoms with E-state index in [1.165, 1.54) is 21.5 Å². The third kappa shape index (κ3) is 1.62. The van der Waals surface area contributed by atoms with Gasteiger partial charge in [-0.05, 0) is 13.0 Å². The molecule has 0 saturated carbocycles. The maximum absolute atomic E-state index is 8.62. The third-order valence-corrected chi connectivity index (χ3v) is 3.70. The van der Waals surface area contributed by atoms with E-state index in [-0.39, 0.29) is 0 Å². The number of nitrogens with zero attached hydrogens (tertiary/aromatic N) is 2. The highest BCUT2D eigenvalue weighted by Crippen LogP contribution is 2.32. The van der Waals surface area contributed by atoms with E-state index < -0.39 is 0 Å². The molecule has 0 aliphatic heterocycles. The van der Waals surface area contributed by atoms with Crippen LogP contribution >= 0.6 is 11.8 Å². The fraction of sp³-hybridized carbons (Fsp3) is 0.250. The number of fused-ring (bicyclic) bond motifs is 1. The Morgan fingerprint density at radius 1 is 1.40 bits per heavy atom. The largest absolute Gasteiger partial charge is 0.347 e. The molecule has 0 radical (unpaired) electrons. The van der Waals surface area contributed by atoms with Crippen LogP contribution in [-0.2, 0) is 7.05 Å². The van der Waals surface area contributed by atoms with Crippen LogP contribution in [0.25, 0.3) is 10.9 Å². The Labute approximate surface area is 93.5 Å².